The van der Waals surface area contributed by atoms with E-state index in [1.54, 1.807) is 12.1 Å². The van der Waals surface area contributed by atoms with Crippen molar-refractivity contribution in [2.45, 2.75) is 18.9 Å². The number of nitrogens with zero attached hydrogens (tertiary/aromatic N) is 1. The number of hydrogen-bond acceptors (Lipinski definition) is 2. The lowest BCUT2D eigenvalue weighted by molar-refractivity contribution is 0.264. The monoisotopic (exact) mass is 286 g/mol. The Balaban J connectivity index is 2.00. The Kier molecular flexibility index (Phi) is 3.82. The zero-order chi connectivity index (χ0) is 11.5. The molecule has 1 aromatic carbocycles. The molecule has 0 saturated carbocycles. The van der Waals surface area contributed by atoms with Crippen molar-refractivity contribution in [1.29, 1.82) is 0 Å². The Morgan fingerprint density at radius 2 is 2.06 bits per heavy atom. The first-order valence-corrected chi connectivity index (χ1v) is 6.34. The normalized spacial score (nSPS) is 18.7. The van der Waals surface area contributed by atoms with Gasteiger partial charge in [0.15, 0.2) is 0 Å². The van der Waals surface area contributed by atoms with E-state index < -0.39 is 0 Å². The van der Waals surface area contributed by atoms with Crippen LogP contribution in [0, 0.1) is 5.82 Å². The summed E-state index contributed by atoms with van der Waals surface area (Å²) in [6.07, 6.45) is 2.22. The maximum absolute atomic E-state index is 13.1. The molecule has 0 aromatic heterocycles. The molecule has 1 aliphatic rings. The van der Waals surface area contributed by atoms with Crippen molar-refractivity contribution in [3.05, 3.63) is 28.5 Å². The zero-order valence-electron chi connectivity index (χ0n) is 9.34. The summed E-state index contributed by atoms with van der Waals surface area (Å²) in [6.45, 7) is 2.20. The quantitative estimate of drug-likeness (QED) is 0.899. The molecule has 4 heteroatoms. The fourth-order valence-corrected chi connectivity index (χ4v) is 2.34. The number of anilines is 1. The standard InChI is InChI=1S/C12H16BrFN2/c1-16-6-4-10(5-7-16)15-12-8-9(14)2-3-11(12)13/h2-3,8,10,15H,4-7H2,1H3. The predicted molar refractivity (Wildman–Crippen MR) is 68.2 cm³/mol. The maximum Gasteiger partial charge on any atom is 0.125 e. The van der Waals surface area contributed by atoms with Gasteiger partial charge < -0.3 is 10.2 Å². The van der Waals surface area contributed by atoms with E-state index in [1.165, 1.54) is 6.07 Å². The molecule has 16 heavy (non-hydrogen) atoms. The molecule has 0 radical (unpaired) electrons. The van der Waals surface area contributed by atoms with Crippen molar-refractivity contribution in [2.75, 3.05) is 25.5 Å². The first-order valence-electron chi connectivity index (χ1n) is 5.55. The van der Waals surface area contributed by atoms with Crippen molar-refractivity contribution in [3.63, 3.8) is 0 Å². The summed E-state index contributed by atoms with van der Waals surface area (Å²) in [4.78, 5) is 2.32. The molecular formula is C12H16BrFN2. The average Bonchev–Trinajstić information content (AvgIpc) is 2.27. The third kappa shape index (κ3) is 2.95. The van der Waals surface area contributed by atoms with E-state index >= 15 is 0 Å². The van der Waals surface area contributed by atoms with Crippen LogP contribution in [-0.4, -0.2) is 31.1 Å². The largest absolute Gasteiger partial charge is 0.381 e. The van der Waals surface area contributed by atoms with E-state index in [-0.39, 0.29) is 5.82 Å². The lowest BCUT2D eigenvalue weighted by Crippen LogP contribution is -2.36. The van der Waals surface area contributed by atoms with Gasteiger partial charge >= 0.3 is 0 Å². The van der Waals surface area contributed by atoms with Gasteiger partial charge in [-0.3, -0.25) is 0 Å². The molecule has 88 valence electrons. The number of halogens is 2. The lowest BCUT2D eigenvalue weighted by Gasteiger charge is -2.30. The number of rotatable bonds is 2. The Hall–Kier alpha value is -0.610. The summed E-state index contributed by atoms with van der Waals surface area (Å²) in [6, 6.07) is 5.20. The summed E-state index contributed by atoms with van der Waals surface area (Å²) >= 11 is 3.43. The second-order valence-electron chi connectivity index (χ2n) is 4.35. The van der Waals surface area contributed by atoms with Crippen LogP contribution in [0.1, 0.15) is 12.8 Å². The Labute approximate surface area is 104 Å². The second kappa shape index (κ2) is 5.15. The highest BCUT2D eigenvalue weighted by Crippen LogP contribution is 2.25. The lowest BCUT2D eigenvalue weighted by atomic mass is 10.1. The van der Waals surface area contributed by atoms with Gasteiger partial charge in [0.2, 0.25) is 0 Å². The maximum atomic E-state index is 13.1. The molecule has 1 fully saturated rings. The van der Waals surface area contributed by atoms with Crippen molar-refractivity contribution in [2.24, 2.45) is 0 Å². The van der Waals surface area contributed by atoms with Gasteiger partial charge in [-0.25, -0.2) is 4.39 Å². The molecule has 0 aliphatic carbocycles. The average molecular weight is 287 g/mol. The van der Waals surface area contributed by atoms with Crippen LogP contribution in [0.5, 0.6) is 0 Å². The van der Waals surface area contributed by atoms with Crippen molar-refractivity contribution < 1.29 is 4.39 Å². The molecule has 0 spiro atoms. The topological polar surface area (TPSA) is 15.3 Å². The highest BCUT2D eigenvalue weighted by Gasteiger charge is 2.17. The van der Waals surface area contributed by atoms with Gasteiger partial charge in [-0.2, -0.15) is 0 Å². The van der Waals surface area contributed by atoms with Gasteiger partial charge in [-0.15, -0.1) is 0 Å². The smallest absolute Gasteiger partial charge is 0.125 e. The van der Waals surface area contributed by atoms with Crippen LogP contribution in [0.15, 0.2) is 22.7 Å². The molecule has 1 aromatic rings. The molecule has 1 heterocycles. The van der Waals surface area contributed by atoms with Crippen molar-refractivity contribution in [3.8, 4) is 0 Å². The molecule has 1 N–H and O–H groups in total. The van der Waals surface area contributed by atoms with Crippen LogP contribution < -0.4 is 5.32 Å². The molecule has 2 nitrogen and oxygen atoms in total. The minimum Gasteiger partial charge on any atom is -0.381 e. The first-order chi connectivity index (χ1) is 7.65. The van der Waals surface area contributed by atoms with Crippen molar-refractivity contribution >= 4 is 21.6 Å². The second-order valence-corrected chi connectivity index (χ2v) is 5.20. The van der Waals surface area contributed by atoms with Crippen molar-refractivity contribution in [1.82, 2.24) is 4.90 Å². The summed E-state index contributed by atoms with van der Waals surface area (Å²) < 4.78 is 14.0. The molecule has 0 bridgehead atoms. The van der Waals surface area contributed by atoms with Crippen LogP contribution in [-0.2, 0) is 0 Å². The molecule has 0 amide bonds. The molecule has 0 unspecified atom stereocenters. The van der Waals surface area contributed by atoms with Gasteiger partial charge in [0.1, 0.15) is 5.82 Å². The third-order valence-electron chi connectivity index (χ3n) is 3.01. The van der Waals surface area contributed by atoms with E-state index in [0.717, 1.165) is 36.1 Å². The van der Waals surface area contributed by atoms with Gasteiger partial charge in [0.05, 0.1) is 5.69 Å². The van der Waals surface area contributed by atoms with Gasteiger partial charge in [0.25, 0.3) is 0 Å². The molecule has 0 atom stereocenters. The SMILES string of the molecule is CN1CCC(Nc2cc(F)ccc2Br)CC1. The van der Waals surface area contributed by atoms with E-state index in [1.807, 2.05) is 0 Å². The molecule has 1 aliphatic heterocycles. The minimum absolute atomic E-state index is 0.196. The first kappa shape index (κ1) is 11.9. The molecule has 1 saturated heterocycles. The fourth-order valence-electron chi connectivity index (χ4n) is 1.98. The number of piperidine rings is 1. The van der Waals surface area contributed by atoms with Crippen LogP contribution in [0.3, 0.4) is 0 Å². The highest BCUT2D eigenvalue weighted by atomic mass is 79.9. The number of hydrogen-bond donors (Lipinski definition) is 1. The number of nitrogens with one attached hydrogen (secondary N) is 1. The van der Waals surface area contributed by atoms with E-state index in [2.05, 4.69) is 33.2 Å². The molecular weight excluding hydrogens is 271 g/mol. The summed E-state index contributed by atoms with van der Waals surface area (Å²) in [5.41, 5.74) is 0.856. The Morgan fingerprint density at radius 3 is 2.75 bits per heavy atom. The van der Waals surface area contributed by atoms with Crippen LogP contribution in [0.25, 0.3) is 0 Å². The molecule has 2 rings (SSSR count). The zero-order valence-corrected chi connectivity index (χ0v) is 10.9. The Morgan fingerprint density at radius 1 is 1.38 bits per heavy atom. The number of benzene rings is 1. The van der Waals surface area contributed by atoms with Gasteiger partial charge in [0, 0.05) is 10.5 Å². The third-order valence-corrected chi connectivity index (χ3v) is 3.70. The highest BCUT2D eigenvalue weighted by molar-refractivity contribution is 9.10. The predicted octanol–water partition coefficient (Wildman–Crippen LogP) is 3.09. The summed E-state index contributed by atoms with van der Waals surface area (Å²) in [5.74, 6) is -0.196. The van der Waals surface area contributed by atoms with E-state index in [0.29, 0.717) is 6.04 Å². The summed E-state index contributed by atoms with van der Waals surface area (Å²) in [7, 11) is 2.13. The van der Waals surface area contributed by atoms with E-state index in [9.17, 15) is 4.39 Å². The fraction of sp³-hybridized carbons (Fsp3) is 0.500. The number of likely N-dealkylation sites (tertiary alicyclic amines) is 1. The van der Waals surface area contributed by atoms with Crippen LogP contribution >= 0.6 is 15.9 Å². The van der Waals surface area contributed by atoms with Crippen LogP contribution in [0.2, 0.25) is 0 Å². The van der Waals surface area contributed by atoms with E-state index in [4.69, 9.17) is 0 Å². The van der Waals surface area contributed by atoms with Crippen LogP contribution in [0.4, 0.5) is 10.1 Å². The van der Waals surface area contributed by atoms with Gasteiger partial charge in [-0.05, 0) is 67.1 Å². The minimum atomic E-state index is -0.196. The van der Waals surface area contributed by atoms with Gasteiger partial charge in [-0.1, -0.05) is 0 Å². The summed E-state index contributed by atoms with van der Waals surface area (Å²) in [5, 5.41) is 3.40. The Bertz CT molecular complexity index is 362.